The monoisotopic (exact) mass is 247 g/mol. The topological polar surface area (TPSA) is 28.2 Å². The van der Waals surface area contributed by atoms with Gasteiger partial charge in [-0.15, -0.1) is 0 Å². The van der Waals surface area contributed by atoms with Gasteiger partial charge in [0.25, 0.3) is 0 Å². The van der Waals surface area contributed by atoms with Gasteiger partial charge in [0.2, 0.25) is 0 Å². The van der Waals surface area contributed by atoms with Crippen LogP contribution < -0.4 is 5.32 Å². The van der Waals surface area contributed by atoms with Gasteiger partial charge in [-0.1, -0.05) is 13.3 Å². The molecule has 1 atom stereocenters. The number of nitrogens with one attached hydrogen (secondary N) is 1. The molecule has 0 spiro atoms. The fourth-order valence-corrected chi connectivity index (χ4v) is 2.86. The second-order valence-electron chi connectivity index (χ2n) is 5.22. The predicted octanol–water partition coefficient (Wildman–Crippen LogP) is 3.37. The molecule has 0 amide bonds. The number of anilines is 1. The third-order valence-electron chi connectivity index (χ3n) is 3.93. The Morgan fingerprint density at radius 1 is 1.50 bits per heavy atom. The van der Waals surface area contributed by atoms with E-state index >= 15 is 0 Å². The summed E-state index contributed by atoms with van der Waals surface area (Å²) in [5, 5.41) is 3.11. The molecule has 1 aliphatic heterocycles. The van der Waals surface area contributed by atoms with E-state index in [0.717, 1.165) is 5.82 Å². The van der Waals surface area contributed by atoms with E-state index in [2.05, 4.69) is 41.3 Å². The molecule has 1 saturated heterocycles. The van der Waals surface area contributed by atoms with Crippen LogP contribution in [0.1, 0.15) is 49.8 Å². The summed E-state index contributed by atoms with van der Waals surface area (Å²) in [7, 11) is 1.92. The summed E-state index contributed by atoms with van der Waals surface area (Å²) in [4.78, 5) is 7.11. The van der Waals surface area contributed by atoms with Gasteiger partial charge in [0.05, 0.1) is 0 Å². The maximum absolute atomic E-state index is 4.48. The Hall–Kier alpha value is -1.09. The Kier molecular flexibility index (Phi) is 4.59. The molecule has 0 aromatic carbocycles. The Morgan fingerprint density at radius 3 is 3.00 bits per heavy atom. The Morgan fingerprint density at radius 2 is 2.33 bits per heavy atom. The highest BCUT2D eigenvalue weighted by Gasteiger charge is 2.26. The molecule has 0 aliphatic carbocycles. The largest absolute Gasteiger partial charge is 0.373 e. The molecule has 0 unspecified atom stereocenters. The average Bonchev–Trinajstić information content (AvgIpc) is 2.84. The van der Waals surface area contributed by atoms with Crippen molar-refractivity contribution in [1.29, 1.82) is 0 Å². The average molecular weight is 247 g/mol. The van der Waals surface area contributed by atoms with Gasteiger partial charge in [-0.05, 0) is 56.5 Å². The fourth-order valence-electron chi connectivity index (χ4n) is 2.86. The van der Waals surface area contributed by atoms with Crippen molar-refractivity contribution in [3.63, 3.8) is 0 Å². The van der Waals surface area contributed by atoms with Crippen molar-refractivity contribution in [3.8, 4) is 0 Å². The SMILES string of the molecule is CCCCN1CCC[C@H]1c1cnc(NC)cc1C. The normalized spacial score (nSPS) is 20.3. The number of hydrogen-bond donors (Lipinski definition) is 1. The van der Waals surface area contributed by atoms with Crippen LogP contribution in [-0.2, 0) is 0 Å². The summed E-state index contributed by atoms with van der Waals surface area (Å²) in [6.45, 7) is 6.94. The lowest BCUT2D eigenvalue weighted by Gasteiger charge is -2.25. The molecule has 1 aromatic heterocycles. The quantitative estimate of drug-likeness (QED) is 0.864. The highest BCUT2D eigenvalue weighted by atomic mass is 15.2. The van der Waals surface area contributed by atoms with Crippen molar-refractivity contribution in [2.45, 2.75) is 45.6 Å². The van der Waals surface area contributed by atoms with E-state index in [0.29, 0.717) is 6.04 Å². The van der Waals surface area contributed by atoms with Gasteiger partial charge in [-0.25, -0.2) is 4.98 Å². The lowest BCUT2D eigenvalue weighted by atomic mass is 10.0. The first-order chi connectivity index (χ1) is 8.76. The van der Waals surface area contributed by atoms with Gasteiger partial charge in [0, 0.05) is 19.3 Å². The number of nitrogens with zero attached hydrogens (tertiary/aromatic N) is 2. The second-order valence-corrected chi connectivity index (χ2v) is 5.22. The molecule has 100 valence electrons. The molecule has 18 heavy (non-hydrogen) atoms. The van der Waals surface area contributed by atoms with Crippen LogP contribution in [0.3, 0.4) is 0 Å². The Balaban J connectivity index is 2.14. The first-order valence-corrected chi connectivity index (χ1v) is 7.14. The van der Waals surface area contributed by atoms with Gasteiger partial charge in [0.1, 0.15) is 5.82 Å². The van der Waals surface area contributed by atoms with Crippen molar-refractivity contribution in [1.82, 2.24) is 9.88 Å². The van der Waals surface area contributed by atoms with Crippen molar-refractivity contribution in [2.24, 2.45) is 0 Å². The van der Waals surface area contributed by atoms with Crippen molar-refractivity contribution < 1.29 is 0 Å². The lowest BCUT2D eigenvalue weighted by molar-refractivity contribution is 0.252. The van der Waals surface area contributed by atoms with Crippen LogP contribution in [0.25, 0.3) is 0 Å². The summed E-state index contributed by atoms with van der Waals surface area (Å²) in [6.07, 6.45) is 7.25. The predicted molar refractivity (Wildman–Crippen MR) is 77.0 cm³/mol. The lowest BCUT2D eigenvalue weighted by Crippen LogP contribution is -2.25. The fraction of sp³-hybridized carbons (Fsp3) is 0.667. The number of likely N-dealkylation sites (tertiary alicyclic amines) is 1. The zero-order valence-electron chi connectivity index (χ0n) is 11.9. The molecule has 3 heteroatoms. The van der Waals surface area contributed by atoms with Crippen LogP contribution in [0.5, 0.6) is 0 Å². The van der Waals surface area contributed by atoms with Crippen LogP contribution in [0.4, 0.5) is 5.82 Å². The Labute approximate surface area is 111 Å². The summed E-state index contributed by atoms with van der Waals surface area (Å²) >= 11 is 0. The summed E-state index contributed by atoms with van der Waals surface area (Å²) in [6, 6.07) is 2.75. The molecule has 0 bridgehead atoms. The maximum atomic E-state index is 4.48. The van der Waals surface area contributed by atoms with E-state index in [-0.39, 0.29) is 0 Å². The third-order valence-corrected chi connectivity index (χ3v) is 3.93. The molecular formula is C15H25N3. The van der Waals surface area contributed by atoms with Crippen molar-refractivity contribution in [3.05, 3.63) is 23.4 Å². The van der Waals surface area contributed by atoms with Crippen LogP contribution in [0.15, 0.2) is 12.3 Å². The smallest absolute Gasteiger partial charge is 0.125 e. The number of aryl methyl sites for hydroxylation is 1. The molecule has 1 N–H and O–H groups in total. The molecule has 0 radical (unpaired) electrons. The number of aromatic nitrogens is 1. The zero-order valence-corrected chi connectivity index (χ0v) is 11.9. The van der Waals surface area contributed by atoms with E-state index in [1.807, 2.05) is 7.05 Å². The molecular weight excluding hydrogens is 222 g/mol. The molecule has 2 rings (SSSR count). The van der Waals surface area contributed by atoms with Crippen LogP contribution in [-0.4, -0.2) is 30.0 Å². The van der Waals surface area contributed by atoms with Gasteiger partial charge >= 0.3 is 0 Å². The molecule has 2 heterocycles. The number of unbranched alkanes of at least 4 members (excludes halogenated alkanes) is 1. The molecule has 1 fully saturated rings. The third kappa shape index (κ3) is 2.83. The molecule has 1 aromatic rings. The zero-order chi connectivity index (χ0) is 13.0. The standard InChI is InChI=1S/C15H25N3/c1-4-5-8-18-9-6-7-14(18)13-11-17-15(16-3)10-12(13)2/h10-11,14H,4-9H2,1-3H3,(H,16,17)/t14-/m0/s1. The van der Waals surface area contributed by atoms with Gasteiger partial charge in [-0.2, -0.15) is 0 Å². The number of rotatable bonds is 5. The summed E-state index contributed by atoms with van der Waals surface area (Å²) < 4.78 is 0. The second kappa shape index (κ2) is 6.19. The van der Waals surface area contributed by atoms with E-state index in [1.165, 1.54) is 49.9 Å². The highest BCUT2D eigenvalue weighted by Crippen LogP contribution is 2.33. The molecule has 1 aliphatic rings. The first kappa shape index (κ1) is 13.3. The van der Waals surface area contributed by atoms with Crippen LogP contribution >= 0.6 is 0 Å². The van der Waals surface area contributed by atoms with Crippen LogP contribution in [0, 0.1) is 6.92 Å². The Bertz CT molecular complexity index is 389. The van der Waals surface area contributed by atoms with Gasteiger partial charge in [0.15, 0.2) is 0 Å². The minimum atomic E-state index is 0.593. The van der Waals surface area contributed by atoms with E-state index in [1.54, 1.807) is 0 Å². The maximum Gasteiger partial charge on any atom is 0.125 e. The van der Waals surface area contributed by atoms with E-state index in [4.69, 9.17) is 0 Å². The highest BCUT2D eigenvalue weighted by molar-refractivity contribution is 5.41. The minimum Gasteiger partial charge on any atom is -0.373 e. The van der Waals surface area contributed by atoms with E-state index in [9.17, 15) is 0 Å². The molecule has 0 saturated carbocycles. The van der Waals surface area contributed by atoms with Crippen molar-refractivity contribution >= 4 is 5.82 Å². The van der Waals surface area contributed by atoms with E-state index < -0.39 is 0 Å². The van der Waals surface area contributed by atoms with Gasteiger partial charge in [-0.3, -0.25) is 4.90 Å². The summed E-state index contributed by atoms with van der Waals surface area (Å²) in [5.74, 6) is 0.967. The van der Waals surface area contributed by atoms with Crippen LogP contribution in [0.2, 0.25) is 0 Å². The number of hydrogen-bond acceptors (Lipinski definition) is 3. The number of pyridine rings is 1. The van der Waals surface area contributed by atoms with Crippen molar-refractivity contribution in [2.75, 3.05) is 25.5 Å². The summed E-state index contributed by atoms with van der Waals surface area (Å²) in [5.41, 5.74) is 2.78. The van der Waals surface area contributed by atoms with Gasteiger partial charge < -0.3 is 5.32 Å². The molecule has 3 nitrogen and oxygen atoms in total. The minimum absolute atomic E-state index is 0.593. The first-order valence-electron chi connectivity index (χ1n) is 7.14.